The zero-order chi connectivity index (χ0) is 13.6. The highest BCUT2D eigenvalue weighted by Gasteiger charge is 2.43. The molecule has 0 spiro atoms. The van der Waals surface area contributed by atoms with Gasteiger partial charge in [0.25, 0.3) is 5.91 Å². The van der Waals surface area contributed by atoms with E-state index in [2.05, 4.69) is 15.9 Å². The highest BCUT2D eigenvalue weighted by atomic mass is 79.9. The van der Waals surface area contributed by atoms with Crippen LogP contribution in [0.5, 0.6) is 0 Å². The Morgan fingerprint density at radius 3 is 2.79 bits per heavy atom. The fourth-order valence-electron chi connectivity index (χ4n) is 3.26. The second-order valence-corrected chi connectivity index (χ2v) is 6.35. The number of benzene rings is 1. The lowest BCUT2D eigenvalue weighted by Crippen LogP contribution is -2.31. The molecule has 1 aliphatic carbocycles. The molecule has 3 nitrogen and oxygen atoms in total. The summed E-state index contributed by atoms with van der Waals surface area (Å²) in [6.07, 6.45) is 1.52. The van der Waals surface area contributed by atoms with Gasteiger partial charge in [-0.3, -0.25) is 4.79 Å². The first-order valence-corrected chi connectivity index (χ1v) is 7.27. The first kappa shape index (κ1) is 13.1. The zero-order valence-corrected chi connectivity index (χ0v) is 11.9. The van der Waals surface area contributed by atoms with Gasteiger partial charge in [0.1, 0.15) is 5.82 Å². The zero-order valence-electron chi connectivity index (χ0n) is 10.4. The van der Waals surface area contributed by atoms with Crippen LogP contribution in [-0.4, -0.2) is 35.1 Å². The third-order valence-corrected chi connectivity index (χ3v) is 4.67. The molecular weight excluding hydrogens is 313 g/mol. The summed E-state index contributed by atoms with van der Waals surface area (Å²) in [5, 5.41) is 9.85. The molecule has 3 unspecified atom stereocenters. The second kappa shape index (κ2) is 4.87. The molecule has 102 valence electrons. The lowest BCUT2D eigenvalue weighted by Gasteiger charge is -2.18. The number of fused-ring (bicyclic) bond motifs is 1. The van der Waals surface area contributed by atoms with Crippen LogP contribution in [0.3, 0.4) is 0 Å². The van der Waals surface area contributed by atoms with E-state index < -0.39 is 5.82 Å². The van der Waals surface area contributed by atoms with Crippen LogP contribution in [0, 0.1) is 17.7 Å². The summed E-state index contributed by atoms with van der Waals surface area (Å²) in [6.45, 7) is 1.26. The lowest BCUT2D eigenvalue weighted by molar-refractivity contribution is 0.0752. The first-order valence-electron chi connectivity index (χ1n) is 6.48. The maximum Gasteiger partial charge on any atom is 0.254 e. The van der Waals surface area contributed by atoms with Crippen molar-refractivity contribution in [2.24, 2.45) is 11.8 Å². The summed E-state index contributed by atoms with van der Waals surface area (Å²) in [7, 11) is 0. The van der Waals surface area contributed by atoms with Crippen molar-refractivity contribution in [3.05, 3.63) is 34.1 Å². The summed E-state index contributed by atoms with van der Waals surface area (Å²) in [5.74, 6) is 0.0239. The molecule has 0 radical (unpaired) electrons. The minimum atomic E-state index is -0.419. The molecular formula is C14H15BrFNO2. The van der Waals surface area contributed by atoms with E-state index in [4.69, 9.17) is 0 Å². The van der Waals surface area contributed by atoms with Gasteiger partial charge >= 0.3 is 0 Å². The van der Waals surface area contributed by atoms with Gasteiger partial charge in [-0.15, -0.1) is 0 Å². The predicted octanol–water partition coefficient (Wildman–Crippen LogP) is 2.43. The van der Waals surface area contributed by atoms with Crippen LogP contribution in [0.15, 0.2) is 22.7 Å². The molecule has 1 aromatic rings. The minimum Gasteiger partial charge on any atom is -0.393 e. The average Bonchev–Trinajstić information content (AvgIpc) is 2.90. The van der Waals surface area contributed by atoms with Crippen LogP contribution in [-0.2, 0) is 0 Å². The van der Waals surface area contributed by atoms with E-state index in [0.717, 1.165) is 12.8 Å². The van der Waals surface area contributed by atoms with Gasteiger partial charge in [0, 0.05) is 29.0 Å². The fourth-order valence-corrected chi connectivity index (χ4v) is 3.73. The third kappa shape index (κ3) is 2.41. The quantitative estimate of drug-likeness (QED) is 0.860. The Balaban J connectivity index is 1.78. The van der Waals surface area contributed by atoms with E-state index in [0.29, 0.717) is 29.0 Å². The molecule has 3 rings (SSSR count). The number of carbonyl (C=O) groups is 1. The van der Waals surface area contributed by atoms with Gasteiger partial charge in [-0.05, 0) is 37.0 Å². The number of hydrogen-bond donors (Lipinski definition) is 1. The molecule has 1 saturated carbocycles. The van der Waals surface area contributed by atoms with Crippen LogP contribution in [0.1, 0.15) is 23.2 Å². The smallest absolute Gasteiger partial charge is 0.254 e. The molecule has 2 aliphatic rings. The Morgan fingerprint density at radius 2 is 2.11 bits per heavy atom. The average molecular weight is 328 g/mol. The van der Waals surface area contributed by atoms with Gasteiger partial charge in [-0.2, -0.15) is 0 Å². The number of halogens is 2. The molecule has 0 aromatic heterocycles. The number of amides is 1. The molecule has 5 heteroatoms. The minimum absolute atomic E-state index is 0.151. The van der Waals surface area contributed by atoms with Crippen LogP contribution in [0.2, 0.25) is 0 Å². The molecule has 1 saturated heterocycles. The van der Waals surface area contributed by atoms with Gasteiger partial charge < -0.3 is 10.0 Å². The largest absolute Gasteiger partial charge is 0.393 e. The number of aliphatic hydroxyl groups excluding tert-OH is 1. The summed E-state index contributed by atoms with van der Waals surface area (Å²) in [4.78, 5) is 14.1. The molecule has 0 bridgehead atoms. The summed E-state index contributed by atoms with van der Waals surface area (Å²) in [6, 6.07) is 4.23. The van der Waals surface area contributed by atoms with Crippen molar-refractivity contribution >= 4 is 21.8 Å². The van der Waals surface area contributed by atoms with Crippen molar-refractivity contribution in [3.8, 4) is 0 Å². The van der Waals surface area contributed by atoms with Crippen LogP contribution < -0.4 is 0 Å². The SMILES string of the molecule is O=C(c1cc(F)cc(Br)c1)N1CC2CCC(O)C2C1. The van der Waals surface area contributed by atoms with Gasteiger partial charge in [-0.1, -0.05) is 15.9 Å². The highest BCUT2D eigenvalue weighted by molar-refractivity contribution is 9.10. The van der Waals surface area contributed by atoms with Crippen molar-refractivity contribution in [2.45, 2.75) is 18.9 Å². The normalized spacial score (nSPS) is 29.6. The van der Waals surface area contributed by atoms with Crippen LogP contribution in [0.25, 0.3) is 0 Å². The topological polar surface area (TPSA) is 40.5 Å². The monoisotopic (exact) mass is 327 g/mol. The molecule has 3 atom stereocenters. The van der Waals surface area contributed by atoms with Crippen LogP contribution >= 0.6 is 15.9 Å². The predicted molar refractivity (Wildman–Crippen MR) is 72.2 cm³/mol. The Kier molecular flexibility index (Phi) is 3.35. The van der Waals surface area contributed by atoms with Crippen molar-refractivity contribution in [1.82, 2.24) is 4.90 Å². The molecule has 1 heterocycles. The third-order valence-electron chi connectivity index (χ3n) is 4.22. The number of rotatable bonds is 1. The van der Waals surface area contributed by atoms with Crippen molar-refractivity contribution < 1.29 is 14.3 Å². The Morgan fingerprint density at radius 1 is 1.32 bits per heavy atom. The first-order chi connectivity index (χ1) is 9.04. The molecule has 1 N–H and O–H groups in total. The molecule has 2 fully saturated rings. The van der Waals surface area contributed by atoms with Crippen molar-refractivity contribution in [2.75, 3.05) is 13.1 Å². The Hall–Kier alpha value is -0.940. The second-order valence-electron chi connectivity index (χ2n) is 5.44. The maximum absolute atomic E-state index is 13.3. The van der Waals surface area contributed by atoms with Gasteiger partial charge in [0.15, 0.2) is 0 Å². The highest BCUT2D eigenvalue weighted by Crippen LogP contribution is 2.38. The van der Waals surface area contributed by atoms with E-state index in [1.165, 1.54) is 12.1 Å². The van der Waals surface area contributed by atoms with Gasteiger partial charge in [0.05, 0.1) is 6.10 Å². The van der Waals surface area contributed by atoms with E-state index in [1.54, 1.807) is 11.0 Å². The number of likely N-dealkylation sites (tertiary alicyclic amines) is 1. The molecule has 1 amide bonds. The number of hydrogen-bond acceptors (Lipinski definition) is 2. The van der Waals surface area contributed by atoms with Crippen LogP contribution in [0.4, 0.5) is 4.39 Å². The Bertz CT molecular complexity index is 502. The maximum atomic E-state index is 13.3. The number of aliphatic hydroxyl groups is 1. The molecule has 19 heavy (non-hydrogen) atoms. The summed E-state index contributed by atoms with van der Waals surface area (Å²) in [5.41, 5.74) is 0.362. The summed E-state index contributed by atoms with van der Waals surface area (Å²) >= 11 is 3.20. The van der Waals surface area contributed by atoms with E-state index in [-0.39, 0.29) is 17.9 Å². The fraction of sp³-hybridized carbons (Fsp3) is 0.500. The molecule has 1 aliphatic heterocycles. The van der Waals surface area contributed by atoms with Crippen molar-refractivity contribution in [3.63, 3.8) is 0 Å². The van der Waals surface area contributed by atoms with E-state index >= 15 is 0 Å². The van der Waals surface area contributed by atoms with E-state index in [1.807, 2.05) is 0 Å². The molecule has 1 aromatic carbocycles. The van der Waals surface area contributed by atoms with Gasteiger partial charge in [0.2, 0.25) is 0 Å². The number of nitrogens with zero attached hydrogens (tertiary/aromatic N) is 1. The lowest BCUT2D eigenvalue weighted by atomic mass is 10.00. The van der Waals surface area contributed by atoms with E-state index in [9.17, 15) is 14.3 Å². The van der Waals surface area contributed by atoms with Crippen molar-refractivity contribution in [1.29, 1.82) is 0 Å². The number of carbonyl (C=O) groups excluding carboxylic acids is 1. The standard InChI is InChI=1S/C14H15BrFNO2/c15-10-3-9(4-11(16)5-10)14(19)17-6-8-1-2-13(18)12(8)7-17/h3-5,8,12-13,18H,1-2,6-7H2. The summed E-state index contributed by atoms with van der Waals surface area (Å²) < 4.78 is 13.9. The van der Waals surface area contributed by atoms with Gasteiger partial charge in [-0.25, -0.2) is 4.39 Å². The Labute approximate surface area is 119 Å².